The molecule has 2 N–H and O–H groups in total. The number of carbonyl (C=O) groups is 1. The van der Waals surface area contributed by atoms with Gasteiger partial charge in [0.2, 0.25) is 0 Å². The summed E-state index contributed by atoms with van der Waals surface area (Å²) in [6, 6.07) is 19.5. The average Bonchev–Trinajstić information content (AvgIpc) is 3.33. The van der Waals surface area contributed by atoms with Gasteiger partial charge in [-0.05, 0) is 54.8 Å². The summed E-state index contributed by atoms with van der Waals surface area (Å²) >= 11 is 0. The standard InChI is InChI=1S/C26H26N4O3S/c1-19-7-10-23(11-8-19)29-34(32,33)24-12-9-20(2)25(15-24)26(31)28-16-21-5-3-4-6-22(21)17-30-14-13-27-18-30/h3-15,18,29H,16-17H2,1-2H3,(H,28,31). The Morgan fingerprint density at radius 3 is 2.41 bits per heavy atom. The molecule has 174 valence electrons. The van der Waals surface area contributed by atoms with Crippen LogP contribution < -0.4 is 10.0 Å². The number of hydrogen-bond donors (Lipinski definition) is 2. The third-order valence-corrected chi connectivity index (χ3v) is 6.92. The fourth-order valence-corrected chi connectivity index (χ4v) is 4.66. The van der Waals surface area contributed by atoms with Crippen LogP contribution in [-0.4, -0.2) is 23.9 Å². The molecule has 7 nitrogen and oxygen atoms in total. The van der Waals surface area contributed by atoms with Gasteiger partial charge in [0.05, 0.1) is 11.2 Å². The fourth-order valence-electron chi connectivity index (χ4n) is 3.58. The summed E-state index contributed by atoms with van der Waals surface area (Å²) in [5.41, 5.74) is 4.55. The highest BCUT2D eigenvalue weighted by molar-refractivity contribution is 7.92. The molecule has 0 fully saturated rings. The van der Waals surface area contributed by atoms with E-state index in [-0.39, 0.29) is 10.8 Å². The largest absolute Gasteiger partial charge is 0.348 e. The Hall–Kier alpha value is -3.91. The summed E-state index contributed by atoms with van der Waals surface area (Å²) in [5.74, 6) is -0.331. The van der Waals surface area contributed by atoms with Gasteiger partial charge in [0.15, 0.2) is 0 Å². The van der Waals surface area contributed by atoms with E-state index in [4.69, 9.17) is 0 Å². The molecule has 8 heteroatoms. The highest BCUT2D eigenvalue weighted by Gasteiger charge is 2.18. The number of carbonyl (C=O) groups excluding carboxylic acids is 1. The second kappa shape index (κ2) is 9.93. The molecule has 0 saturated heterocycles. The lowest BCUT2D eigenvalue weighted by molar-refractivity contribution is 0.0950. The first-order chi connectivity index (χ1) is 16.3. The molecule has 0 aliphatic heterocycles. The molecule has 0 atom stereocenters. The molecule has 0 aliphatic rings. The van der Waals surface area contributed by atoms with Gasteiger partial charge in [-0.15, -0.1) is 0 Å². The number of anilines is 1. The number of hydrogen-bond acceptors (Lipinski definition) is 4. The number of nitrogens with one attached hydrogen (secondary N) is 2. The number of nitrogens with zero attached hydrogens (tertiary/aromatic N) is 2. The van der Waals surface area contributed by atoms with E-state index in [0.717, 1.165) is 16.7 Å². The molecule has 0 saturated carbocycles. The molecule has 0 aliphatic carbocycles. The van der Waals surface area contributed by atoms with Crippen LogP contribution in [0.1, 0.15) is 32.6 Å². The van der Waals surface area contributed by atoms with Crippen molar-refractivity contribution in [3.8, 4) is 0 Å². The van der Waals surface area contributed by atoms with Crippen molar-refractivity contribution in [2.75, 3.05) is 4.72 Å². The van der Waals surface area contributed by atoms with Crippen molar-refractivity contribution >= 4 is 21.6 Å². The maximum absolute atomic E-state index is 13.0. The minimum atomic E-state index is -3.84. The van der Waals surface area contributed by atoms with Gasteiger partial charge >= 0.3 is 0 Å². The van der Waals surface area contributed by atoms with Crippen LogP contribution in [0.2, 0.25) is 0 Å². The third-order valence-electron chi connectivity index (χ3n) is 5.54. The van der Waals surface area contributed by atoms with E-state index in [2.05, 4.69) is 15.0 Å². The van der Waals surface area contributed by atoms with Crippen molar-refractivity contribution in [2.45, 2.75) is 31.8 Å². The van der Waals surface area contributed by atoms with Gasteiger partial charge in [0.1, 0.15) is 0 Å². The zero-order chi connectivity index (χ0) is 24.1. The van der Waals surface area contributed by atoms with Crippen LogP contribution in [0.4, 0.5) is 5.69 Å². The molecule has 4 rings (SSSR count). The van der Waals surface area contributed by atoms with E-state index in [1.54, 1.807) is 37.6 Å². The first kappa shape index (κ1) is 23.3. The molecule has 0 radical (unpaired) electrons. The van der Waals surface area contributed by atoms with Gasteiger partial charge in [-0.2, -0.15) is 0 Å². The van der Waals surface area contributed by atoms with Crippen molar-refractivity contribution in [3.63, 3.8) is 0 Å². The third kappa shape index (κ3) is 5.52. The molecule has 0 bridgehead atoms. The summed E-state index contributed by atoms with van der Waals surface area (Å²) in [7, 11) is -3.84. The van der Waals surface area contributed by atoms with Crippen molar-refractivity contribution in [3.05, 3.63) is 113 Å². The Balaban J connectivity index is 1.50. The molecular weight excluding hydrogens is 448 g/mol. The molecule has 0 unspecified atom stereocenters. The zero-order valence-corrected chi connectivity index (χ0v) is 19.8. The van der Waals surface area contributed by atoms with E-state index < -0.39 is 10.0 Å². The van der Waals surface area contributed by atoms with Crippen LogP contribution in [0.25, 0.3) is 0 Å². The Morgan fingerprint density at radius 2 is 1.71 bits per heavy atom. The fraction of sp³-hybridized carbons (Fsp3) is 0.154. The van der Waals surface area contributed by atoms with Gasteiger partial charge in [-0.3, -0.25) is 9.52 Å². The summed E-state index contributed by atoms with van der Waals surface area (Å²) in [4.78, 5) is 17.1. The number of amides is 1. The predicted molar refractivity (Wildman–Crippen MR) is 132 cm³/mol. The van der Waals surface area contributed by atoms with Crippen molar-refractivity contribution in [1.29, 1.82) is 0 Å². The Labute approximate surface area is 199 Å². The van der Waals surface area contributed by atoms with Gasteiger partial charge in [-0.1, -0.05) is 48.0 Å². The SMILES string of the molecule is Cc1ccc(NS(=O)(=O)c2ccc(C)c(C(=O)NCc3ccccc3Cn3ccnc3)c2)cc1. The minimum Gasteiger partial charge on any atom is -0.348 e. The van der Waals surface area contributed by atoms with Crippen molar-refractivity contribution in [1.82, 2.24) is 14.9 Å². The Morgan fingerprint density at radius 1 is 0.971 bits per heavy atom. The molecule has 3 aromatic carbocycles. The predicted octanol–water partition coefficient (Wildman–Crippen LogP) is 4.28. The van der Waals surface area contributed by atoms with Crippen molar-refractivity contribution < 1.29 is 13.2 Å². The molecular formula is C26H26N4O3S. The van der Waals surface area contributed by atoms with E-state index in [1.807, 2.05) is 54.1 Å². The van der Waals surface area contributed by atoms with Gasteiger partial charge in [0, 0.05) is 36.7 Å². The van der Waals surface area contributed by atoms with Crippen LogP contribution in [0.15, 0.2) is 90.3 Å². The van der Waals surface area contributed by atoms with Gasteiger partial charge in [-0.25, -0.2) is 13.4 Å². The topological polar surface area (TPSA) is 93.1 Å². The number of imidazole rings is 1. The summed E-state index contributed by atoms with van der Waals surface area (Å²) in [6.45, 7) is 4.68. The first-order valence-corrected chi connectivity index (χ1v) is 12.3. The molecule has 1 amide bonds. The normalized spacial score (nSPS) is 11.2. The smallest absolute Gasteiger partial charge is 0.261 e. The van der Waals surface area contributed by atoms with Crippen molar-refractivity contribution in [2.24, 2.45) is 0 Å². The summed E-state index contributed by atoms with van der Waals surface area (Å²) in [6.07, 6.45) is 5.35. The van der Waals surface area contributed by atoms with E-state index in [9.17, 15) is 13.2 Å². The average molecular weight is 475 g/mol. The van der Waals surface area contributed by atoms with E-state index in [0.29, 0.717) is 29.9 Å². The monoisotopic (exact) mass is 474 g/mol. The number of rotatable bonds is 8. The maximum Gasteiger partial charge on any atom is 0.261 e. The summed E-state index contributed by atoms with van der Waals surface area (Å²) in [5, 5.41) is 2.93. The van der Waals surface area contributed by atoms with Gasteiger partial charge in [0.25, 0.3) is 15.9 Å². The molecule has 1 heterocycles. The number of aryl methyl sites for hydroxylation is 2. The summed E-state index contributed by atoms with van der Waals surface area (Å²) < 4.78 is 30.3. The van der Waals surface area contributed by atoms with Crippen LogP contribution in [0, 0.1) is 13.8 Å². The van der Waals surface area contributed by atoms with E-state index >= 15 is 0 Å². The lowest BCUT2D eigenvalue weighted by atomic mass is 10.1. The number of benzene rings is 3. The van der Waals surface area contributed by atoms with Crippen LogP contribution in [0.5, 0.6) is 0 Å². The second-order valence-electron chi connectivity index (χ2n) is 8.13. The zero-order valence-electron chi connectivity index (χ0n) is 19.0. The molecule has 34 heavy (non-hydrogen) atoms. The molecule has 1 aromatic heterocycles. The quantitative estimate of drug-likeness (QED) is 0.399. The Kier molecular flexibility index (Phi) is 6.79. The Bertz CT molecular complexity index is 1400. The number of aromatic nitrogens is 2. The first-order valence-electron chi connectivity index (χ1n) is 10.8. The van der Waals surface area contributed by atoms with Crippen LogP contribution in [-0.2, 0) is 23.1 Å². The van der Waals surface area contributed by atoms with Crippen LogP contribution >= 0.6 is 0 Å². The minimum absolute atomic E-state index is 0.0318. The highest BCUT2D eigenvalue weighted by atomic mass is 32.2. The lowest BCUT2D eigenvalue weighted by Crippen LogP contribution is -2.25. The molecule has 4 aromatic rings. The second-order valence-corrected chi connectivity index (χ2v) is 9.82. The van der Waals surface area contributed by atoms with E-state index in [1.165, 1.54) is 12.1 Å². The van der Waals surface area contributed by atoms with Gasteiger partial charge < -0.3 is 9.88 Å². The maximum atomic E-state index is 13.0. The lowest BCUT2D eigenvalue weighted by Gasteiger charge is -2.14. The number of sulfonamides is 1. The highest BCUT2D eigenvalue weighted by Crippen LogP contribution is 2.20. The molecule has 0 spiro atoms. The van der Waals surface area contributed by atoms with Crippen LogP contribution in [0.3, 0.4) is 0 Å².